The van der Waals surface area contributed by atoms with E-state index in [0.717, 1.165) is 39.1 Å². The van der Waals surface area contributed by atoms with Gasteiger partial charge in [-0.25, -0.2) is 0 Å². The number of nitrogens with zero attached hydrogens (tertiary/aromatic N) is 1. The summed E-state index contributed by atoms with van der Waals surface area (Å²) in [6.45, 7) is 4.19. The van der Waals surface area contributed by atoms with Gasteiger partial charge >= 0.3 is 0 Å². The van der Waals surface area contributed by atoms with Crippen LogP contribution in [0.25, 0.3) is 0 Å². The van der Waals surface area contributed by atoms with E-state index < -0.39 is 0 Å². The topological polar surface area (TPSA) is 41.6 Å². The number of hydrogen-bond donors (Lipinski definition) is 1. The summed E-state index contributed by atoms with van der Waals surface area (Å²) in [5.41, 5.74) is 1.33. The van der Waals surface area contributed by atoms with Crippen molar-refractivity contribution < 1.29 is 9.53 Å². The molecule has 2 fully saturated rings. The van der Waals surface area contributed by atoms with E-state index in [9.17, 15) is 4.79 Å². The van der Waals surface area contributed by atoms with Crippen LogP contribution in [-0.4, -0.2) is 43.2 Å². The lowest BCUT2D eigenvalue weighted by atomic mass is 10.1. The van der Waals surface area contributed by atoms with Gasteiger partial charge in [0.25, 0.3) is 0 Å². The van der Waals surface area contributed by atoms with Crippen molar-refractivity contribution in [3.63, 3.8) is 0 Å². The van der Waals surface area contributed by atoms with Crippen LogP contribution < -0.4 is 5.32 Å². The van der Waals surface area contributed by atoms with Crippen LogP contribution >= 0.6 is 0 Å². The first-order valence-corrected chi connectivity index (χ1v) is 8.47. The van der Waals surface area contributed by atoms with Gasteiger partial charge in [-0.2, -0.15) is 0 Å². The number of benzene rings is 1. The summed E-state index contributed by atoms with van der Waals surface area (Å²) >= 11 is 0. The maximum absolute atomic E-state index is 12.1. The third kappa shape index (κ3) is 4.31. The Kier molecular flexibility index (Phi) is 5.46. The van der Waals surface area contributed by atoms with Crippen LogP contribution in [0.4, 0.5) is 0 Å². The molecule has 0 spiro atoms. The van der Waals surface area contributed by atoms with Crippen molar-refractivity contribution in [2.24, 2.45) is 5.92 Å². The molecule has 1 aromatic rings. The fraction of sp³-hybridized carbons (Fsp3) is 0.611. The Morgan fingerprint density at radius 3 is 2.77 bits per heavy atom. The van der Waals surface area contributed by atoms with Gasteiger partial charge in [-0.1, -0.05) is 43.2 Å². The minimum absolute atomic E-state index is 0.114. The monoisotopic (exact) mass is 302 g/mol. The molecule has 0 unspecified atom stereocenters. The molecule has 4 heteroatoms. The van der Waals surface area contributed by atoms with Crippen molar-refractivity contribution in [2.45, 2.75) is 38.3 Å². The van der Waals surface area contributed by atoms with E-state index in [1.54, 1.807) is 0 Å². The van der Waals surface area contributed by atoms with Crippen molar-refractivity contribution in [1.82, 2.24) is 10.2 Å². The van der Waals surface area contributed by atoms with Crippen LogP contribution in [-0.2, 0) is 16.1 Å². The maximum Gasteiger partial charge on any atom is 0.223 e. The average Bonchev–Trinajstić information content (AvgIpc) is 3.08. The average molecular weight is 302 g/mol. The van der Waals surface area contributed by atoms with E-state index in [2.05, 4.69) is 34.5 Å². The fourth-order valence-corrected chi connectivity index (χ4v) is 3.44. The van der Waals surface area contributed by atoms with E-state index in [0.29, 0.717) is 6.54 Å². The molecule has 1 saturated heterocycles. The Bertz CT molecular complexity index is 471. The highest BCUT2D eigenvalue weighted by Crippen LogP contribution is 2.24. The molecule has 3 rings (SSSR count). The number of nitrogens with one attached hydrogen (secondary N) is 1. The molecule has 120 valence electrons. The van der Waals surface area contributed by atoms with Crippen LogP contribution in [0, 0.1) is 5.92 Å². The van der Waals surface area contributed by atoms with Gasteiger partial charge in [0.15, 0.2) is 0 Å². The molecule has 2 aliphatic rings. The summed E-state index contributed by atoms with van der Waals surface area (Å²) < 4.78 is 5.80. The lowest BCUT2D eigenvalue weighted by Gasteiger charge is -2.33. The third-order valence-corrected chi connectivity index (χ3v) is 4.70. The summed E-state index contributed by atoms with van der Waals surface area (Å²) in [5, 5.41) is 3.09. The van der Waals surface area contributed by atoms with Gasteiger partial charge in [0.2, 0.25) is 5.91 Å². The molecule has 4 nitrogen and oxygen atoms in total. The predicted octanol–water partition coefficient (Wildman–Crippen LogP) is 2.19. The highest BCUT2D eigenvalue weighted by Gasteiger charge is 2.25. The highest BCUT2D eigenvalue weighted by molar-refractivity contribution is 5.78. The first kappa shape index (κ1) is 15.5. The van der Waals surface area contributed by atoms with Crippen molar-refractivity contribution in [2.75, 3.05) is 26.2 Å². The van der Waals surface area contributed by atoms with E-state index >= 15 is 0 Å². The van der Waals surface area contributed by atoms with Crippen LogP contribution in [0.2, 0.25) is 0 Å². The number of ether oxygens (including phenoxy) is 1. The molecular formula is C18H26N2O2. The summed E-state index contributed by atoms with van der Waals surface area (Å²) in [6.07, 6.45) is 4.61. The number of morpholine rings is 1. The molecule has 1 aliphatic heterocycles. The molecule has 0 bridgehead atoms. The molecule has 1 atom stereocenters. The number of carbonyl (C=O) groups excluding carboxylic acids is 1. The summed E-state index contributed by atoms with van der Waals surface area (Å²) in [6, 6.07) is 10.5. The summed E-state index contributed by atoms with van der Waals surface area (Å²) in [5.74, 6) is 0.463. The Morgan fingerprint density at radius 2 is 2.00 bits per heavy atom. The normalized spacial score (nSPS) is 23.5. The van der Waals surface area contributed by atoms with Gasteiger partial charge < -0.3 is 10.1 Å². The number of carbonyl (C=O) groups is 1. The van der Waals surface area contributed by atoms with Crippen LogP contribution in [0.1, 0.15) is 31.2 Å². The van der Waals surface area contributed by atoms with Crippen molar-refractivity contribution in [1.29, 1.82) is 0 Å². The Labute approximate surface area is 132 Å². The first-order chi connectivity index (χ1) is 10.8. The first-order valence-electron chi connectivity index (χ1n) is 8.47. The van der Waals surface area contributed by atoms with E-state index in [4.69, 9.17) is 4.74 Å². The fourth-order valence-electron chi connectivity index (χ4n) is 3.44. The molecule has 0 aromatic heterocycles. The van der Waals surface area contributed by atoms with E-state index in [1.807, 2.05) is 6.07 Å². The van der Waals surface area contributed by atoms with Gasteiger partial charge in [0, 0.05) is 32.1 Å². The third-order valence-electron chi connectivity index (χ3n) is 4.70. The lowest BCUT2D eigenvalue weighted by Crippen LogP contribution is -2.47. The summed E-state index contributed by atoms with van der Waals surface area (Å²) in [4.78, 5) is 14.5. The second kappa shape index (κ2) is 7.75. The van der Waals surface area contributed by atoms with Crippen molar-refractivity contribution >= 4 is 5.91 Å². The van der Waals surface area contributed by atoms with E-state index in [-0.39, 0.29) is 17.9 Å². The quantitative estimate of drug-likeness (QED) is 0.906. The minimum Gasteiger partial charge on any atom is -0.374 e. The zero-order valence-electron chi connectivity index (χ0n) is 13.2. The number of amides is 1. The molecule has 22 heavy (non-hydrogen) atoms. The van der Waals surface area contributed by atoms with Gasteiger partial charge in [-0.3, -0.25) is 9.69 Å². The molecule has 0 radical (unpaired) electrons. The second-order valence-electron chi connectivity index (χ2n) is 6.44. The van der Waals surface area contributed by atoms with Crippen molar-refractivity contribution in [3.05, 3.63) is 35.9 Å². The summed E-state index contributed by atoms with van der Waals surface area (Å²) in [7, 11) is 0. The van der Waals surface area contributed by atoms with Gasteiger partial charge in [0.05, 0.1) is 12.7 Å². The molecule has 1 heterocycles. The number of hydrogen-bond acceptors (Lipinski definition) is 3. The molecule has 1 saturated carbocycles. The Hall–Kier alpha value is -1.39. The van der Waals surface area contributed by atoms with Gasteiger partial charge in [-0.05, 0) is 18.4 Å². The van der Waals surface area contributed by atoms with Crippen LogP contribution in [0.15, 0.2) is 30.3 Å². The largest absolute Gasteiger partial charge is 0.374 e. The maximum atomic E-state index is 12.1. The molecule has 1 aromatic carbocycles. The Balaban J connectivity index is 1.43. The molecule has 1 N–H and O–H groups in total. The Morgan fingerprint density at radius 1 is 1.23 bits per heavy atom. The number of rotatable bonds is 5. The molecule has 1 amide bonds. The highest BCUT2D eigenvalue weighted by atomic mass is 16.5. The smallest absolute Gasteiger partial charge is 0.223 e. The standard InChI is InChI=1S/C18H26N2O2/c21-18(16-8-4-5-9-16)19-12-17-14-20(10-11-22-17)13-15-6-2-1-3-7-15/h1-3,6-7,16-17H,4-5,8-14H2,(H,19,21)/t17-/m1/s1. The van der Waals surface area contributed by atoms with Gasteiger partial charge in [-0.15, -0.1) is 0 Å². The van der Waals surface area contributed by atoms with Crippen LogP contribution in [0.3, 0.4) is 0 Å². The van der Waals surface area contributed by atoms with E-state index in [1.165, 1.54) is 18.4 Å². The zero-order chi connectivity index (χ0) is 15.2. The van der Waals surface area contributed by atoms with Gasteiger partial charge in [0.1, 0.15) is 0 Å². The second-order valence-corrected chi connectivity index (χ2v) is 6.44. The minimum atomic E-state index is 0.114. The van der Waals surface area contributed by atoms with Crippen LogP contribution in [0.5, 0.6) is 0 Å². The zero-order valence-corrected chi connectivity index (χ0v) is 13.2. The lowest BCUT2D eigenvalue weighted by molar-refractivity contribution is -0.126. The van der Waals surface area contributed by atoms with Crippen molar-refractivity contribution in [3.8, 4) is 0 Å². The molecule has 1 aliphatic carbocycles. The molecular weight excluding hydrogens is 276 g/mol. The SMILES string of the molecule is O=C(NC[C@@H]1CN(Cc2ccccc2)CCO1)C1CCCC1. The predicted molar refractivity (Wildman–Crippen MR) is 86.4 cm³/mol.